The third-order valence-corrected chi connectivity index (χ3v) is 10.3. The molecule has 1 heterocycles. The molecule has 0 atom stereocenters. The van der Waals surface area contributed by atoms with Crippen molar-refractivity contribution in [2.75, 3.05) is 13.1 Å². The lowest BCUT2D eigenvalue weighted by atomic mass is 10.2. The van der Waals surface area contributed by atoms with Gasteiger partial charge in [-0.05, 0) is 40.6 Å². The summed E-state index contributed by atoms with van der Waals surface area (Å²) in [7, 11) is -5.99. The molecule has 0 N–H and O–H groups in total. The monoisotopic (exact) mass is 391 g/mol. The van der Waals surface area contributed by atoms with E-state index in [4.69, 9.17) is 0 Å². The molecule has 4 nitrogen and oxygen atoms in total. The van der Waals surface area contributed by atoms with Crippen molar-refractivity contribution in [3.8, 4) is 0 Å². The van der Waals surface area contributed by atoms with Gasteiger partial charge >= 0.3 is 0 Å². The predicted octanol–water partition coefficient (Wildman–Crippen LogP) is 2.23. The highest BCUT2D eigenvalue weighted by molar-refractivity contribution is 7.89. The van der Waals surface area contributed by atoms with Crippen LogP contribution in [0.25, 0.3) is 0 Å². The molecule has 1 aromatic carbocycles. The van der Waals surface area contributed by atoms with E-state index in [0.29, 0.717) is 18.0 Å². The zero-order valence-electron chi connectivity index (χ0n) is 15.5. The minimum atomic E-state index is -3.53. The quantitative estimate of drug-likeness (QED) is 0.740. The molecule has 1 fully saturated rings. The summed E-state index contributed by atoms with van der Waals surface area (Å²) in [5.41, 5.74) is 3.07. The molecular formula is C18H25NO3SSi2. The van der Waals surface area contributed by atoms with Crippen molar-refractivity contribution < 1.29 is 13.2 Å². The van der Waals surface area contributed by atoms with E-state index in [-0.39, 0.29) is 5.78 Å². The van der Waals surface area contributed by atoms with Crippen LogP contribution in [-0.4, -0.2) is 49.2 Å². The maximum absolute atomic E-state index is 13.0. The van der Waals surface area contributed by atoms with Gasteiger partial charge in [-0.15, -0.1) is 0 Å². The number of ketones is 1. The van der Waals surface area contributed by atoms with Crippen molar-refractivity contribution in [3.63, 3.8) is 0 Å². The van der Waals surface area contributed by atoms with Crippen LogP contribution < -0.4 is 0 Å². The van der Waals surface area contributed by atoms with Crippen molar-refractivity contribution in [1.82, 2.24) is 4.31 Å². The first-order chi connectivity index (χ1) is 11.6. The zero-order chi connectivity index (χ0) is 18.6. The van der Waals surface area contributed by atoms with Crippen LogP contribution in [0.4, 0.5) is 0 Å². The fraction of sp³-hybridized carbons (Fsp3) is 0.389. The molecule has 1 aliphatic heterocycles. The fourth-order valence-corrected chi connectivity index (χ4v) is 8.50. The van der Waals surface area contributed by atoms with Gasteiger partial charge in [0.1, 0.15) is 0 Å². The molecule has 25 heavy (non-hydrogen) atoms. The number of carbonyl (C=O) groups excluding carboxylic acids is 1. The van der Waals surface area contributed by atoms with Gasteiger partial charge in [-0.2, -0.15) is 4.31 Å². The van der Waals surface area contributed by atoms with Crippen LogP contribution in [0.2, 0.25) is 26.2 Å². The number of hydrogen-bond donors (Lipinski definition) is 0. The van der Waals surface area contributed by atoms with Crippen molar-refractivity contribution in [2.24, 2.45) is 0 Å². The highest BCUT2D eigenvalue weighted by Gasteiger charge is 2.44. The number of Topliss-reactive ketones (excluding diaryl/α,β-unsaturated/α-hetero) is 1. The third-order valence-electron chi connectivity index (χ3n) is 4.96. The number of aryl methyl sites for hydroxylation is 1. The van der Waals surface area contributed by atoms with E-state index < -0.39 is 27.6 Å². The first-order valence-corrected chi connectivity index (χ1v) is 15.7. The van der Waals surface area contributed by atoms with E-state index in [1.807, 2.05) is 19.1 Å². The van der Waals surface area contributed by atoms with Gasteiger partial charge < -0.3 is 0 Å². The largest absolute Gasteiger partial charge is 0.290 e. The molecule has 2 aliphatic rings. The summed E-state index contributed by atoms with van der Waals surface area (Å²) in [5, 5.41) is 1.91. The lowest BCUT2D eigenvalue weighted by Gasteiger charge is -2.21. The van der Waals surface area contributed by atoms with E-state index in [2.05, 4.69) is 26.2 Å². The van der Waals surface area contributed by atoms with Crippen molar-refractivity contribution in [3.05, 3.63) is 51.4 Å². The van der Waals surface area contributed by atoms with Gasteiger partial charge in [-0.3, -0.25) is 4.79 Å². The number of rotatable bonds is 4. The molecular weight excluding hydrogens is 366 g/mol. The molecule has 134 valence electrons. The predicted molar refractivity (Wildman–Crippen MR) is 107 cm³/mol. The molecule has 0 bridgehead atoms. The van der Waals surface area contributed by atoms with Gasteiger partial charge in [0.05, 0.1) is 22.5 Å². The number of nitrogens with zero attached hydrogens (tertiary/aromatic N) is 1. The zero-order valence-corrected chi connectivity index (χ0v) is 18.7. The highest BCUT2D eigenvalue weighted by atomic mass is 32.2. The Labute approximate surface area is 153 Å². The molecule has 3 rings (SSSR count). The number of hydrogen-bond acceptors (Lipinski definition) is 3. The average molecular weight is 392 g/mol. The Bertz CT molecular complexity index is 907. The number of allylic oxidation sites excluding steroid dienone is 2. The summed E-state index contributed by atoms with van der Waals surface area (Å²) in [6.45, 7) is 11.3. The van der Waals surface area contributed by atoms with Gasteiger partial charge in [0.15, 0.2) is 5.78 Å². The summed E-state index contributed by atoms with van der Waals surface area (Å²) in [5.74, 6) is 0.228. The summed E-state index contributed by atoms with van der Waals surface area (Å²) < 4.78 is 27.6. The highest BCUT2D eigenvalue weighted by Crippen LogP contribution is 2.40. The molecule has 0 amide bonds. The maximum Gasteiger partial charge on any atom is 0.243 e. The van der Waals surface area contributed by atoms with Gasteiger partial charge in [0.2, 0.25) is 10.0 Å². The van der Waals surface area contributed by atoms with Crippen LogP contribution in [0.3, 0.4) is 0 Å². The van der Waals surface area contributed by atoms with Crippen molar-refractivity contribution >= 4 is 33.4 Å². The number of sulfonamides is 1. The van der Waals surface area contributed by atoms with E-state index in [1.165, 1.54) is 0 Å². The molecule has 7 heteroatoms. The normalized spacial score (nSPS) is 19.6. The second kappa shape index (κ2) is 6.15. The summed E-state index contributed by atoms with van der Waals surface area (Å²) in [6.07, 6.45) is 0. The standard InChI is InChI=1S/C18H25NO3SSi2/c1-12-6-8-13(9-7-12)23(21,22)19-10-14-15(11-19)18(25(3,4)5)16(20)17(14)24-2/h6-9H,10-11,24H2,1-5H3. The first kappa shape index (κ1) is 18.5. The van der Waals surface area contributed by atoms with Crippen LogP contribution in [0.5, 0.6) is 0 Å². The van der Waals surface area contributed by atoms with Crippen LogP contribution in [-0.2, 0) is 14.8 Å². The fourth-order valence-electron chi connectivity index (χ4n) is 3.73. The molecule has 0 spiro atoms. The van der Waals surface area contributed by atoms with Crippen molar-refractivity contribution in [1.29, 1.82) is 0 Å². The SMILES string of the molecule is C[SiH2]C1=C2CN(S(=O)(=O)c3ccc(C)cc3)CC2=C([Si](C)(C)C)C1=O. The molecule has 0 saturated carbocycles. The Hall–Kier alpha value is -1.29. The van der Waals surface area contributed by atoms with Crippen LogP contribution in [0.15, 0.2) is 50.7 Å². The van der Waals surface area contributed by atoms with E-state index in [1.54, 1.807) is 16.4 Å². The lowest BCUT2D eigenvalue weighted by molar-refractivity contribution is -0.111. The summed E-state index contributed by atoms with van der Waals surface area (Å²) in [6, 6.07) is 6.98. The Morgan fingerprint density at radius 3 is 2.12 bits per heavy atom. The number of carbonyl (C=O) groups is 1. The van der Waals surface area contributed by atoms with Gasteiger partial charge in [0.25, 0.3) is 0 Å². The summed E-state index contributed by atoms with van der Waals surface area (Å²) in [4.78, 5) is 13.2. The smallest absolute Gasteiger partial charge is 0.243 e. The minimum absolute atomic E-state index is 0.228. The third kappa shape index (κ3) is 3.03. The molecule has 0 aromatic heterocycles. The second-order valence-corrected chi connectivity index (χ2v) is 16.2. The van der Waals surface area contributed by atoms with Crippen molar-refractivity contribution in [2.45, 2.75) is 38.0 Å². The minimum Gasteiger partial charge on any atom is -0.290 e. The average Bonchev–Trinajstić information content (AvgIpc) is 3.02. The lowest BCUT2D eigenvalue weighted by Crippen LogP contribution is -2.33. The number of fused-ring (bicyclic) bond motifs is 1. The van der Waals surface area contributed by atoms with Crippen LogP contribution >= 0.6 is 0 Å². The van der Waals surface area contributed by atoms with E-state index >= 15 is 0 Å². The maximum atomic E-state index is 13.0. The van der Waals surface area contributed by atoms with Crippen LogP contribution in [0, 0.1) is 6.92 Å². The van der Waals surface area contributed by atoms with Gasteiger partial charge in [-0.1, -0.05) is 43.9 Å². The van der Waals surface area contributed by atoms with E-state index in [9.17, 15) is 13.2 Å². The Kier molecular flexibility index (Phi) is 4.56. The first-order valence-electron chi connectivity index (χ1n) is 8.65. The Balaban J connectivity index is 2.04. The molecule has 0 radical (unpaired) electrons. The molecule has 0 unspecified atom stereocenters. The molecule has 1 aromatic rings. The Morgan fingerprint density at radius 1 is 1.04 bits per heavy atom. The molecule has 1 aliphatic carbocycles. The Morgan fingerprint density at radius 2 is 1.60 bits per heavy atom. The second-order valence-electron chi connectivity index (χ2n) is 7.83. The van der Waals surface area contributed by atoms with Gasteiger partial charge in [-0.25, -0.2) is 8.42 Å². The molecule has 1 saturated heterocycles. The van der Waals surface area contributed by atoms with E-state index in [0.717, 1.165) is 27.1 Å². The summed E-state index contributed by atoms with van der Waals surface area (Å²) >= 11 is 0. The van der Waals surface area contributed by atoms with Crippen LogP contribution in [0.1, 0.15) is 5.56 Å². The van der Waals surface area contributed by atoms with Gasteiger partial charge in [0, 0.05) is 13.1 Å². The topological polar surface area (TPSA) is 54.5 Å². The number of benzene rings is 1.